The minimum absolute atomic E-state index is 0.117. The van der Waals surface area contributed by atoms with Gasteiger partial charge in [0.25, 0.3) is 0 Å². The molecule has 0 unspecified atom stereocenters. The first kappa shape index (κ1) is 18.5. The summed E-state index contributed by atoms with van der Waals surface area (Å²) in [5.41, 5.74) is 0. The van der Waals surface area contributed by atoms with Gasteiger partial charge in [0.2, 0.25) is 5.91 Å². The van der Waals surface area contributed by atoms with Gasteiger partial charge in [-0.1, -0.05) is 25.7 Å². The predicted octanol–water partition coefficient (Wildman–Crippen LogP) is 0.895. The average Bonchev–Trinajstić information content (AvgIpc) is 2.91. The van der Waals surface area contributed by atoms with Gasteiger partial charge in [0, 0.05) is 45.3 Å². The van der Waals surface area contributed by atoms with Gasteiger partial charge in [-0.05, 0) is 12.8 Å². The Morgan fingerprint density at radius 1 is 0.840 bits per heavy atom. The third-order valence-corrected chi connectivity index (χ3v) is 5.51. The van der Waals surface area contributed by atoms with Crippen LogP contribution < -0.4 is 5.32 Å². The molecule has 0 bridgehead atoms. The third kappa shape index (κ3) is 5.57. The number of urea groups is 1. The topological polar surface area (TPSA) is 65.1 Å². The Labute approximate surface area is 150 Å². The fourth-order valence-corrected chi connectivity index (χ4v) is 3.95. The summed E-state index contributed by atoms with van der Waals surface area (Å²) in [5, 5.41) is 3.21. The first-order valence-electron chi connectivity index (χ1n) is 9.86. The molecule has 1 saturated carbocycles. The lowest BCUT2D eigenvalue weighted by Gasteiger charge is -2.38. The highest BCUT2D eigenvalue weighted by molar-refractivity contribution is 5.78. The molecule has 2 heterocycles. The lowest BCUT2D eigenvalue weighted by molar-refractivity contribution is -0.123. The molecule has 1 N–H and O–H groups in total. The second-order valence-electron chi connectivity index (χ2n) is 7.40. The number of nitrogens with zero attached hydrogens (tertiary/aromatic N) is 3. The minimum atomic E-state index is 0.117. The zero-order chi connectivity index (χ0) is 17.5. The van der Waals surface area contributed by atoms with E-state index in [0.29, 0.717) is 52.0 Å². The van der Waals surface area contributed by atoms with E-state index in [1.807, 2.05) is 9.80 Å². The lowest BCUT2D eigenvalue weighted by atomic mass is 10.1. The van der Waals surface area contributed by atoms with Crippen LogP contribution in [0.15, 0.2) is 0 Å². The minimum Gasteiger partial charge on any atom is -0.378 e. The molecule has 0 spiro atoms. The maximum atomic E-state index is 12.5. The van der Waals surface area contributed by atoms with Crippen molar-refractivity contribution >= 4 is 11.9 Å². The molecule has 2 saturated heterocycles. The van der Waals surface area contributed by atoms with E-state index >= 15 is 0 Å². The van der Waals surface area contributed by atoms with Crippen molar-refractivity contribution in [1.82, 2.24) is 20.0 Å². The summed E-state index contributed by atoms with van der Waals surface area (Å²) in [4.78, 5) is 30.7. The van der Waals surface area contributed by atoms with Crippen LogP contribution in [0.3, 0.4) is 0 Å². The van der Waals surface area contributed by atoms with Crippen LogP contribution in [-0.4, -0.2) is 91.7 Å². The fraction of sp³-hybridized carbons (Fsp3) is 0.889. The van der Waals surface area contributed by atoms with E-state index in [9.17, 15) is 9.59 Å². The Hall–Kier alpha value is -1.34. The van der Waals surface area contributed by atoms with Gasteiger partial charge in [-0.2, -0.15) is 0 Å². The molecule has 3 aliphatic rings. The highest BCUT2D eigenvalue weighted by Gasteiger charge is 2.27. The first-order valence-corrected chi connectivity index (χ1v) is 9.86. The SMILES string of the molecule is O=C(CN1CCN(C(=O)N2CCOCC2)CC1)NC1CCCCCC1. The highest BCUT2D eigenvalue weighted by atomic mass is 16.5. The van der Waals surface area contributed by atoms with Crippen LogP contribution in [0.2, 0.25) is 0 Å². The fourth-order valence-electron chi connectivity index (χ4n) is 3.95. The van der Waals surface area contributed by atoms with E-state index in [1.165, 1.54) is 25.7 Å². The standard InChI is InChI=1S/C18H32N4O3/c23-17(19-16-5-3-1-2-4-6-16)15-20-7-9-21(10-8-20)18(24)22-11-13-25-14-12-22/h16H,1-15H2,(H,19,23). The van der Waals surface area contributed by atoms with Gasteiger partial charge in [-0.25, -0.2) is 4.79 Å². The number of rotatable bonds is 3. The van der Waals surface area contributed by atoms with Gasteiger partial charge >= 0.3 is 6.03 Å². The molecule has 3 amide bonds. The predicted molar refractivity (Wildman–Crippen MR) is 95.4 cm³/mol. The highest BCUT2D eigenvalue weighted by Crippen LogP contribution is 2.17. The molecule has 142 valence electrons. The summed E-state index contributed by atoms with van der Waals surface area (Å²) >= 11 is 0. The summed E-state index contributed by atoms with van der Waals surface area (Å²) in [7, 11) is 0. The second-order valence-corrected chi connectivity index (χ2v) is 7.40. The molecule has 0 atom stereocenters. The summed E-state index contributed by atoms with van der Waals surface area (Å²) in [5.74, 6) is 0.139. The van der Waals surface area contributed by atoms with Crippen molar-refractivity contribution in [3.05, 3.63) is 0 Å². The Kier molecular flexibility index (Phi) is 6.93. The van der Waals surface area contributed by atoms with Gasteiger partial charge in [-0.3, -0.25) is 9.69 Å². The molecule has 0 aromatic heterocycles. The van der Waals surface area contributed by atoms with E-state index in [1.54, 1.807) is 0 Å². The number of ether oxygens (including phenoxy) is 1. The molecule has 25 heavy (non-hydrogen) atoms. The van der Waals surface area contributed by atoms with Crippen molar-refractivity contribution in [2.75, 3.05) is 59.0 Å². The number of hydrogen-bond donors (Lipinski definition) is 1. The van der Waals surface area contributed by atoms with Crippen molar-refractivity contribution in [2.24, 2.45) is 0 Å². The quantitative estimate of drug-likeness (QED) is 0.767. The van der Waals surface area contributed by atoms with Crippen molar-refractivity contribution < 1.29 is 14.3 Å². The van der Waals surface area contributed by atoms with Crippen LogP contribution in [0.1, 0.15) is 38.5 Å². The van der Waals surface area contributed by atoms with Crippen LogP contribution in [0.4, 0.5) is 4.79 Å². The Morgan fingerprint density at radius 3 is 2.08 bits per heavy atom. The van der Waals surface area contributed by atoms with E-state index in [2.05, 4.69) is 10.2 Å². The zero-order valence-corrected chi connectivity index (χ0v) is 15.3. The van der Waals surface area contributed by atoms with Gasteiger partial charge in [0.1, 0.15) is 0 Å². The van der Waals surface area contributed by atoms with Crippen LogP contribution in [-0.2, 0) is 9.53 Å². The average molecular weight is 352 g/mol. The molecule has 0 radical (unpaired) electrons. The van der Waals surface area contributed by atoms with Gasteiger partial charge < -0.3 is 19.9 Å². The summed E-state index contributed by atoms with van der Waals surface area (Å²) in [6.45, 7) is 6.03. The number of carbonyl (C=O) groups excluding carboxylic acids is 2. The molecule has 7 nitrogen and oxygen atoms in total. The number of hydrogen-bond acceptors (Lipinski definition) is 4. The number of carbonyl (C=O) groups is 2. The first-order chi connectivity index (χ1) is 12.2. The monoisotopic (exact) mass is 352 g/mol. The normalized spacial score (nSPS) is 24.0. The van der Waals surface area contributed by atoms with Crippen molar-refractivity contribution in [3.8, 4) is 0 Å². The molecular formula is C18H32N4O3. The van der Waals surface area contributed by atoms with Crippen LogP contribution in [0.5, 0.6) is 0 Å². The molecule has 0 aromatic rings. The third-order valence-electron chi connectivity index (χ3n) is 5.51. The lowest BCUT2D eigenvalue weighted by Crippen LogP contribution is -2.56. The van der Waals surface area contributed by atoms with E-state index in [4.69, 9.17) is 4.74 Å². The molecule has 1 aliphatic carbocycles. The Morgan fingerprint density at radius 2 is 1.44 bits per heavy atom. The molecule has 3 rings (SSSR count). The number of piperazine rings is 1. The van der Waals surface area contributed by atoms with Crippen LogP contribution >= 0.6 is 0 Å². The number of amides is 3. The van der Waals surface area contributed by atoms with Crippen LogP contribution in [0, 0.1) is 0 Å². The molecular weight excluding hydrogens is 320 g/mol. The van der Waals surface area contributed by atoms with E-state index in [-0.39, 0.29) is 11.9 Å². The number of morpholine rings is 1. The van der Waals surface area contributed by atoms with Gasteiger partial charge in [-0.15, -0.1) is 0 Å². The molecule has 2 aliphatic heterocycles. The summed E-state index contributed by atoms with van der Waals surface area (Å²) in [6, 6.07) is 0.477. The van der Waals surface area contributed by atoms with Crippen molar-refractivity contribution in [2.45, 2.75) is 44.6 Å². The van der Waals surface area contributed by atoms with Crippen molar-refractivity contribution in [3.63, 3.8) is 0 Å². The Balaban J connectivity index is 1.36. The molecule has 3 fully saturated rings. The van der Waals surface area contributed by atoms with Gasteiger partial charge in [0.15, 0.2) is 0 Å². The van der Waals surface area contributed by atoms with E-state index in [0.717, 1.165) is 25.9 Å². The zero-order valence-electron chi connectivity index (χ0n) is 15.3. The summed E-state index contributed by atoms with van der Waals surface area (Å²) < 4.78 is 5.30. The van der Waals surface area contributed by atoms with Crippen LogP contribution in [0.25, 0.3) is 0 Å². The Bertz CT molecular complexity index is 438. The van der Waals surface area contributed by atoms with E-state index < -0.39 is 0 Å². The smallest absolute Gasteiger partial charge is 0.320 e. The molecule has 7 heteroatoms. The second kappa shape index (κ2) is 9.38. The number of nitrogens with one attached hydrogen (secondary N) is 1. The maximum Gasteiger partial charge on any atom is 0.320 e. The van der Waals surface area contributed by atoms with Gasteiger partial charge in [0.05, 0.1) is 19.8 Å². The molecule has 0 aromatic carbocycles. The summed E-state index contributed by atoms with van der Waals surface area (Å²) in [6.07, 6.45) is 7.29. The maximum absolute atomic E-state index is 12.5. The van der Waals surface area contributed by atoms with Crippen molar-refractivity contribution in [1.29, 1.82) is 0 Å². The largest absolute Gasteiger partial charge is 0.378 e.